The van der Waals surface area contributed by atoms with Crippen LogP contribution in [0.1, 0.15) is 58.1 Å². The van der Waals surface area contributed by atoms with Gasteiger partial charge in [-0.2, -0.15) is 0 Å². The number of methoxy groups -OCH3 is 1. The first-order valence-corrected chi connectivity index (χ1v) is 15.6. The third kappa shape index (κ3) is 11.7. The molecule has 2 N–H and O–H groups in total. The second-order valence-electron chi connectivity index (χ2n) is 11.7. The van der Waals surface area contributed by atoms with Gasteiger partial charge in [0, 0.05) is 24.8 Å². The van der Waals surface area contributed by atoms with Gasteiger partial charge in [0.1, 0.15) is 17.9 Å². The number of nitrogens with one attached hydrogen (secondary N) is 2. The van der Waals surface area contributed by atoms with Gasteiger partial charge in [0.15, 0.2) is 6.10 Å². The molecule has 3 rings (SSSR count). The summed E-state index contributed by atoms with van der Waals surface area (Å²) in [5, 5.41) is 5.90. The first kappa shape index (κ1) is 35.4. The summed E-state index contributed by atoms with van der Waals surface area (Å²) in [5.41, 5.74) is 1.69. The van der Waals surface area contributed by atoms with Gasteiger partial charge >= 0.3 is 11.9 Å². The minimum absolute atomic E-state index is 0.0442. The van der Waals surface area contributed by atoms with Gasteiger partial charge in [-0.05, 0) is 48.6 Å². The second-order valence-corrected chi connectivity index (χ2v) is 12.1. The van der Waals surface area contributed by atoms with E-state index in [2.05, 4.69) is 10.6 Å². The first-order chi connectivity index (χ1) is 21.4. The molecule has 1 aliphatic rings. The first-order valence-electron chi connectivity index (χ1n) is 15.2. The summed E-state index contributed by atoms with van der Waals surface area (Å²) in [6.45, 7) is 7.40. The largest absolute Gasteiger partial charge is 0.495 e. The lowest BCUT2D eigenvalue weighted by Crippen LogP contribution is -2.50. The zero-order valence-electron chi connectivity index (χ0n) is 26.5. The number of carbonyl (C=O) groups excluding carboxylic acids is 4. The number of esters is 2. The zero-order chi connectivity index (χ0) is 32.9. The molecule has 0 radical (unpaired) electrons. The predicted molar refractivity (Wildman–Crippen MR) is 173 cm³/mol. The van der Waals surface area contributed by atoms with Crippen molar-refractivity contribution in [1.29, 1.82) is 0 Å². The van der Waals surface area contributed by atoms with Crippen LogP contribution in [0, 0.1) is 11.8 Å². The fourth-order valence-corrected chi connectivity index (χ4v) is 5.11. The minimum Gasteiger partial charge on any atom is -0.495 e. The van der Waals surface area contributed by atoms with E-state index >= 15 is 0 Å². The van der Waals surface area contributed by atoms with Crippen molar-refractivity contribution in [2.45, 2.75) is 77.7 Å². The molecule has 2 aromatic carbocycles. The molecule has 0 aromatic heterocycles. The van der Waals surface area contributed by atoms with Gasteiger partial charge in [0.2, 0.25) is 11.8 Å². The molecular weight excluding hydrogens is 596 g/mol. The molecule has 1 heterocycles. The Balaban J connectivity index is 1.89. The lowest BCUT2D eigenvalue weighted by molar-refractivity contribution is -0.174. The molecule has 5 atom stereocenters. The van der Waals surface area contributed by atoms with Gasteiger partial charge in [0.05, 0.1) is 18.6 Å². The molecule has 2 aromatic rings. The number of cyclic esters (lactones) is 2. The molecule has 2 amide bonds. The summed E-state index contributed by atoms with van der Waals surface area (Å²) in [4.78, 5) is 52.6. The summed E-state index contributed by atoms with van der Waals surface area (Å²) in [6, 6.07) is 13.2. The molecule has 0 fully saturated rings. The van der Waals surface area contributed by atoms with Crippen LogP contribution in [0.5, 0.6) is 5.75 Å². The van der Waals surface area contributed by atoms with Crippen molar-refractivity contribution in [1.82, 2.24) is 10.6 Å². The molecule has 45 heavy (non-hydrogen) atoms. The van der Waals surface area contributed by atoms with Crippen molar-refractivity contribution in [3.05, 3.63) is 82.9 Å². The van der Waals surface area contributed by atoms with Crippen LogP contribution in [0.25, 0.3) is 6.08 Å². The number of ether oxygens (including phenoxy) is 3. The number of rotatable bonds is 8. The van der Waals surface area contributed by atoms with Crippen LogP contribution in [0.4, 0.5) is 0 Å². The predicted octanol–water partition coefficient (Wildman–Crippen LogP) is 5.45. The van der Waals surface area contributed by atoms with Crippen LogP contribution in [-0.4, -0.2) is 55.2 Å². The third-order valence-corrected chi connectivity index (χ3v) is 7.55. The molecule has 1 aliphatic heterocycles. The fraction of sp³-hybridized carbons (Fsp3) is 0.429. The van der Waals surface area contributed by atoms with Crippen molar-refractivity contribution < 1.29 is 33.4 Å². The Labute approximate surface area is 270 Å². The Morgan fingerprint density at radius 2 is 1.76 bits per heavy atom. The normalized spacial score (nSPS) is 22.8. The monoisotopic (exact) mass is 638 g/mol. The summed E-state index contributed by atoms with van der Waals surface area (Å²) in [5.74, 6) is -1.98. The van der Waals surface area contributed by atoms with Gasteiger partial charge in [0.25, 0.3) is 0 Å². The minimum atomic E-state index is -1.11. The number of amides is 2. The molecule has 0 spiro atoms. The van der Waals surface area contributed by atoms with E-state index in [9.17, 15) is 19.2 Å². The highest BCUT2D eigenvalue weighted by molar-refractivity contribution is 6.32. The summed E-state index contributed by atoms with van der Waals surface area (Å²) in [7, 11) is 1.51. The van der Waals surface area contributed by atoms with Crippen LogP contribution >= 0.6 is 11.6 Å². The Morgan fingerprint density at radius 3 is 2.42 bits per heavy atom. The topological polar surface area (TPSA) is 120 Å². The van der Waals surface area contributed by atoms with E-state index < -0.39 is 48.0 Å². The highest BCUT2D eigenvalue weighted by Crippen LogP contribution is 2.26. The van der Waals surface area contributed by atoms with E-state index in [-0.39, 0.29) is 37.5 Å². The number of benzene rings is 2. The molecular formula is C35H43ClN2O7. The van der Waals surface area contributed by atoms with Gasteiger partial charge in [-0.15, -0.1) is 0 Å². The number of hydrogen-bond donors (Lipinski definition) is 2. The maximum Gasteiger partial charge on any atom is 0.347 e. The maximum absolute atomic E-state index is 13.3. The van der Waals surface area contributed by atoms with E-state index in [1.54, 1.807) is 31.2 Å². The molecule has 0 saturated heterocycles. The third-order valence-electron chi connectivity index (χ3n) is 7.26. The number of hydrogen-bond acceptors (Lipinski definition) is 7. The SMILES string of the molecule is COc1ccc(C[C@H]2NC(=O)C=CC[C@@H]([C@H](C)C=Cc3ccccc3)OC(=O)[C@H](CC(C)C)OC(=O)C[C@@H](C)NC2=O)cc1Cl. The van der Waals surface area contributed by atoms with E-state index in [0.717, 1.165) is 5.56 Å². The summed E-state index contributed by atoms with van der Waals surface area (Å²) < 4.78 is 16.8. The lowest BCUT2D eigenvalue weighted by atomic mass is 9.99. The van der Waals surface area contributed by atoms with Gasteiger partial charge in [-0.25, -0.2) is 4.79 Å². The Morgan fingerprint density at radius 1 is 1.02 bits per heavy atom. The van der Waals surface area contributed by atoms with Crippen molar-refractivity contribution >= 4 is 41.4 Å². The Kier molecular flexibility index (Phi) is 13.7. The van der Waals surface area contributed by atoms with E-state index in [1.165, 1.54) is 13.2 Å². The summed E-state index contributed by atoms with van der Waals surface area (Å²) in [6.07, 6.45) is 5.50. The van der Waals surface area contributed by atoms with E-state index in [1.807, 2.05) is 63.3 Å². The molecule has 0 aliphatic carbocycles. The average molecular weight is 639 g/mol. The second kappa shape index (κ2) is 17.4. The van der Waals surface area contributed by atoms with Crippen molar-refractivity contribution in [2.75, 3.05) is 7.11 Å². The standard InChI is InChI=1S/C35H43ClN2O7/c1-22(2)18-31-35(42)45-29(23(3)14-15-25-10-7-6-8-11-25)12-9-13-32(39)38-28(34(41)37-24(4)19-33(40)44-31)21-26-16-17-30(43-5)27(36)20-26/h6-11,13-17,20,22-24,28-29,31H,12,18-19,21H2,1-5H3,(H,37,41)(H,38,39)/t23-,24-,28-,29+,31+/m1/s1. The van der Waals surface area contributed by atoms with Crippen LogP contribution < -0.4 is 15.4 Å². The highest BCUT2D eigenvalue weighted by Gasteiger charge is 2.31. The Hall–Kier alpha value is -4.11. The average Bonchev–Trinajstić information content (AvgIpc) is 2.98. The quantitative estimate of drug-likeness (QED) is 0.369. The fourth-order valence-electron chi connectivity index (χ4n) is 4.83. The zero-order valence-corrected chi connectivity index (χ0v) is 27.2. The van der Waals surface area contributed by atoms with Crippen molar-refractivity contribution in [3.63, 3.8) is 0 Å². The Bertz CT molecular complexity index is 1380. The molecule has 242 valence electrons. The number of halogens is 1. The molecule has 0 bridgehead atoms. The van der Waals surface area contributed by atoms with E-state index in [0.29, 0.717) is 16.3 Å². The maximum atomic E-state index is 13.3. The van der Waals surface area contributed by atoms with Gasteiger partial charge in [-0.3, -0.25) is 14.4 Å². The highest BCUT2D eigenvalue weighted by atomic mass is 35.5. The molecule has 10 heteroatoms. The van der Waals surface area contributed by atoms with Gasteiger partial charge < -0.3 is 24.8 Å². The van der Waals surface area contributed by atoms with Crippen LogP contribution in [0.2, 0.25) is 5.02 Å². The number of carbonyl (C=O) groups is 4. The van der Waals surface area contributed by atoms with Crippen LogP contribution in [-0.2, 0) is 35.1 Å². The lowest BCUT2D eigenvalue weighted by Gasteiger charge is -2.26. The molecule has 9 nitrogen and oxygen atoms in total. The van der Waals surface area contributed by atoms with Crippen LogP contribution in [0.15, 0.2) is 66.8 Å². The summed E-state index contributed by atoms with van der Waals surface area (Å²) >= 11 is 6.29. The van der Waals surface area contributed by atoms with Gasteiger partial charge in [-0.1, -0.05) is 87.0 Å². The molecule has 0 saturated carbocycles. The van der Waals surface area contributed by atoms with Crippen molar-refractivity contribution in [2.24, 2.45) is 11.8 Å². The van der Waals surface area contributed by atoms with Crippen molar-refractivity contribution in [3.8, 4) is 5.75 Å². The van der Waals surface area contributed by atoms with Crippen LogP contribution in [0.3, 0.4) is 0 Å². The molecule has 0 unspecified atom stereocenters. The van der Waals surface area contributed by atoms with E-state index in [4.69, 9.17) is 25.8 Å². The smallest absolute Gasteiger partial charge is 0.347 e.